The number of rotatable bonds is 7. The lowest BCUT2D eigenvalue weighted by molar-refractivity contribution is -0.157. The van der Waals surface area contributed by atoms with Crippen LogP contribution in [-0.4, -0.2) is 24.6 Å². The maximum absolute atomic E-state index is 11.6. The lowest BCUT2D eigenvalue weighted by Crippen LogP contribution is -2.34. The SMILES string of the molecule is CCOC(=O)C(C=O)(CC)CCC(C)=O. The summed E-state index contributed by atoms with van der Waals surface area (Å²) in [6.07, 6.45) is 1.43. The molecular weight excluding hydrogens is 196 g/mol. The van der Waals surface area contributed by atoms with Crippen molar-refractivity contribution in [3.8, 4) is 0 Å². The average Bonchev–Trinajstić information content (AvgIpc) is 2.20. The molecule has 86 valence electrons. The van der Waals surface area contributed by atoms with Gasteiger partial charge in [0.25, 0.3) is 0 Å². The second-order valence-corrected chi connectivity index (χ2v) is 3.55. The summed E-state index contributed by atoms with van der Waals surface area (Å²) in [7, 11) is 0. The molecule has 4 nitrogen and oxygen atoms in total. The van der Waals surface area contributed by atoms with Crippen molar-refractivity contribution in [3.05, 3.63) is 0 Å². The van der Waals surface area contributed by atoms with Crippen LogP contribution in [0.2, 0.25) is 0 Å². The number of carbonyl (C=O) groups excluding carboxylic acids is 3. The number of hydrogen-bond donors (Lipinski definition) is 0. The smallest absolute Gasteiger partial charge is 0.319 e. The van der Waals surface area contributed by atoms with E-state index in [1.165, 1.54) is 6.92 Å². The number of carbonyl (C=O) groups is 3. The van der Waals surface area contributed by atoms with Gasteiger partial charge in [-0.15, -0.1) is 0 Å². The summed E-state index contributed by atoms with van der Waals surface area (Å²) in [5.41, 5.74) is -1.14. The van der Waals surface area contributed by atoms with Crippen molar-refractivity contribution in [2.24, 2.45) is 5.41 Å². The predicted octanol–water partition coefficient (Wildman–Crippen LogP) is 1.51. The molecule has 4 heteroatoms. The molecule has 0 amide bonds. The standard InChI is InChI=1S/C11H18O4/c1-4-11(8-12,7-6-9(3)13)10(14)15-5-2/h8H,4-7H2,1-3H3. The molecule has 0 saturated carbocycles. The minimum atomic E-state index is -1.14. The largest absolute Gasteiger partial charge is 0.465 e. The molecule has 0 aliphatic heterocycles. The highest BCUT2D eigenvalue weighted by Gasteiger charge is 2.37. The first-order valence-electron chi connectivity index (χ1n) is 5.15. The van der Waals surface area contributed by atoms with E-state index in [2.05, 4.69) is 0 Å². The molecule has 0 fully saturated rings. The number of ether oxygens (including phenoxy) is 1. The Morgan fingerprint density at radius 3 is 2.27 bits per heavy atom. The first-order chi connectivity index (χ1) is 7.02. The Kier molecular flexibility index (Phi) is 5.82. The van der Waals surface area contributed by atoms with Gasteiger partial charge in [-0.2, -0.15) is 0 Å². The second kappa shape index (κ2) is 6.32. The van der Waals surface area contributed by atoms with Gasteiger partial charge in [0.15, 0.2) is 0 Å². The van der Waals surface area contributed by atoms with E-state index in [4.69, 9.17) is 4.74 Å². The van der Waals surface area contributed by atoms with Gasteiger partial charge in [-0.1, -0.05) is 6.92 Å². The summed E-state index contributed by atoms with van der Waals surface area (Å²) in [4.78, 5) is 33.4. The molecule has 1 atom stereocenters. The van der Waals surface area contributed by atoms with Crippen LogP contribution in [0.4, 0.5) is 0 Å². The topological polar surface area (TPSA) is 60.4 Å². The molecule has 0 radical (unpaired) electrons. The molecule has 0 aliphatic rings. The van der Waals surface area contributed by atoms with Crippen LogP contribution in [0.3, 0.4) is 0 Å². The van der Waals surface area contributed by atoms with Crippen molar-refractivity contribution in [1.82, 2.24) is 0 Å². The van der Waals surface area contributed by atoms with Crippen molar-refractivity contribution in [1.29, 1.82) is 0 Å². The van der Waals surface area contributed by atoms with Crippen LogP contribution >= 0.6 is 0 Å². The maximum Gasteiger partial charge on any atom is 0.319 e. The van der Waals surface area contributed by atoms with E-state index in [0.717, 1.165) is 0 Å². The van der Waals surface area contributed by atoms with Crippen LogP contribution in [0.1, 0.15) is 40.0 Å². The molecule has 0 rings (SSSR count). The zero-order chi connectivity index (χ0) is 11.9. The third-order valence-electron chi connectivity index (χ3n) is 2.46. The van der Waals surface area contributed by atoms with Crippen LogP contribution in [0.15, 0.2) is 0 Å². The fourth-order valence-electron chi connectivity index (χ4n) is 1.29. The van der Waals surface area contributed by atoms with Gasteiger partial charge in [-0.25, -0.2) is 0 Å². The molecule has 0 aromatic rings. The van der Waals surface area contributed by atoms with Crippen LogP contribution < -0.4 is 0 Å². The molecule has 0 aromatic carbocycles. The first-order valence-corrected chi connectivity index (χ1v) is 5.15. The third kappa shape index (κ3) is 3.81. The Hall–Kier alpha value is -1.19. The highest BCUT2D eigenvalue weighted by atomic mass is 16.5. The van der Waals surface area contributed by atoms with Gasteiger partial charge in [0.2, 0.25) is 0 Å². The van der Waals surface area contributed by atoms with Gasteiger partial charge in [-0.3, -0.25) is 4.79 Å². The predicted molar refractivity (Wildman–Crippen MR) is 55.3 cm³/mol. The molecule has 0 spiro atoms. The number of aldehydes is 1. The van der Waals surface area contributed by atoms with E-state index in [9.17, 15) is 14.4 Å². The highest BCUT2D eigenvalue weighted by molar-refractivity contribution is 5.93. The van der Waals surface area contributed by atoms with Gasteiger partial charge in [-0.05, 0) is 26.7 Å². The number of Topliss-reactive ketones (excluding diaryl/α,β-unsaturated/α-hetero) is 1. The summed E-state index contributed by atoms with van der Waals surface area (Å²) in [6, 6.07) is 0. The molecular formula is C11H18O4. The summed E-state index contributed by atoms with van der Waals surface area (Å²) >= 11 is 0. The van der Waals surface area contributed by atoms with Crippen LogP contribution in [-0.2, 0) is 19.1 Å². The summed E-state index contributed by atoms with van der Waals surface area (Å²) in [6.45, 7) is 5.12. The summed E-state index contributed by atoms with van der Waals surface area (Å²) < 4.78 is 4.84. The normalized spacial score (nSPS) is 14.1. The van der Waals surface area contributed by atoms with E-state index < -0.39 is 11.4 Å². The Morgan fingerprint density at radius 2 is 1.93 bits per heavy atom. The molecule has 1 unspecified atom stereocenters. The molecule has 0 aromatic heterocycles. The van der Waals surface area contributed by atoms with E-state index in [0.29, 0.717) is 12.7 Å². The van der Waals surface area contributed by atoms with Crippen LogP contribution in [0.5, 0.6) is 0 Å². The van der Waals surface area contributed by atoms with Crippen molar-refractivity contribution >= 4 is 18.0 Å². The van der Waals surface area contributed by atoms with Crippen molar-refractivity contribution in [3.63, 3.8) is 0 Å². The molecule has 15 heavy (non-hydrogen) atoms. The second-order valence-electron chi connectivity index (χ2n) is 3.55. The van der Waals surface area contributed by atoms with Gasteiger partial charge in [0, 0.05) is 6.42 Å². The first kappa shape index (κ1) is 13.8. The van der Waals surface area contributed by atoms with Gasteiger partial charge >= 0.3 is 5.97 Å². The summed E-state index contributed by atoms with van der Waals surface area (Å²) in [5, 5.41) is 0. The van der Waals surface area contributed by atoms with Crippen molar-refractivity contribution < 1.29 is 19.1 Å². The fraction of sp³-hybridized carbons (Fsp3) is 0.727. The van der Waals surface area contributed by atoms with Crippen molar-refractivity contribution in [2.45, 2.75) is 40.0 Å². The number of ketones is 1. The molecule has 0 N–H and O–H groups in total. The Balaban J connectivity index is 4.63. The quantitative estimate of drug-likeness (QED) is 0.366. The molecule has 0 bridgehead atoms. The Bertz CT molecular complexity index is 247. The minimum Gasteiger partial charge on any atom is -0.465 e. The van der Waals surface area contributed by atoms with Gasteiger partial charge < -0.3 is 14.3 Å². The zero-order valence-corrected chi connectivity index (χ0v) is 9.54. The molecule has 0 heterocycles. The zero-order valence-electron chi connectivity index (χ0n) is 9.54. The van der Waals surface area contributed by atoms with Crippen molar-refractivity contribution in [2.75, 3.05) is 6.61 Å². The van der Waals surface area contributed by atoms with Crippen LogP contribution in [0, 0.1) is 5.41 Å². The van der Waals surface area contributed by atoms with E-state index in [1.807, 2.05) is 0 Å². The van der Waals surface area contributed by atoms with Gasteiger partial charge in [0.05, 0.1) is 6.61 Å². The summed E-state index contributed by atoms with van der Waals surface area (Å²) in [5.74, 6) is -0.553. The van der Waals surface area contributed by atoms with Gasteiger partial charge in [0.1, 0.15) is 17.5 Å². The fourth-order valence-corrected chi connectivity index (χ4v) is 1.29. The molecule has 0 aliphatic carbocycles. The Labute approximate surface area is 90.0 Å². The maximum atomic E-state index is 11.6. The minimum absolute atomic E-state index is 0.0287. The lowest BCUT2D eigenvalue weighted by atomic mass is 9.81. The number of esters is 1. The number of hydrogen-bond acceptors (Lipinski definition) is 4. The highest BCUT2D eigenvalue weighted by Crippen LogP contribution is 2.27. The monoisotopic (exact) mass is 214 g/mol. The average molecular weight is 214 g/mol. The van der Waals surface area contributed by atoms with Crippen LogP contribution in [0.25, 0.3) is 0 Å². The molecule has 0 saturated heterocycles. The van der Waals surface area contributed by atoms with E-state index in [-0.39, 0.29) is 25.2 Å². The van der Waals surface area contributed by atoms with E-state index in [1.54, 1.807) is 13.8 Å². The van der Waals surface area contributed by atoms with E-state index >= 15 is 0 Å². The Morgan fingerprint density at radius 1 is 1.33 bits per heavy atom. The lowest BCUT2D eigenvalue weighted by Gasteiger charge is -2.23. The third-order valence-corrected chi connectivity index (χ3v) is 2.46.